The van der Waals surface area contributed by atoms with Crippen LogP contribution in [0.5, 0.6) is 0 Å². The fourth-order valence-corrected chi connectivity index (χ4v) is 2.52. The lowest BCUT2D eigenvalue weighted by Crippen LogP contribution is -2.23. The quantitative estimate of drug-likeness (QED) is 0.848. The van der Waals surface area contributed by atoms with Gasteiger partial charge in [0.2, 0.25) is 0 Å². The summed E-state index contributed by atoms with van der Waals surface area (Å²) >= 11 is 1.37. The summed E-state index contributed by atoms with van der Waals surface area (Å²) in [6.07, 6.45) is 1.05. The normalized spacial score (nSPS) is 10.6. The lowest BCUT2D eigenvalue weighted by molar-refractivity contribution is 0.626. The zero-order chi connectivity index (χ0) is 14.4. The average molecular weight is 294 g/mol. The molecule has 0 spiro atoms. The van der Waals surface area contributed by atoms with Crippen LogP contribution in [0.1, 0.15) is 26.0 Å². The Hall–Kier alpha value is -1.69. The second kappa shape index (κ2) is 7.19. The number of nitrogens with zero attached hydrogens (tertiary/aromatic N) is 3. The Morgan fingerprint density at radius 3 is 2.90 bits per heavy atom. The highest BCUT2D eigenvalue weighted by atomic mass is 32.1. The van der Waals surface area contributed by atoms with Crippen molar-refractivity contribution in [2.75, 3.05) is 23.3 Å². The predicted molar refractivity (Wildman–Crippen MR) is 81.8 cm³/mol. The van der Waals surface area contributed by atoms with Gasteiger partial charge < -0.3 is 10.2 Å². The van der Waals surface area contributed by atoms with E-state index >= 15 is 0 Å². The van der Waals surface area contributed by atoms with Crippen molar-refractivity contribution in [3.8, 4) is 0 Å². The first-order valence-corrected chi connectivity index (χ1v) is 7.57. The van der Waals surface area contributed by atoms with E-state index in [4.69, 9.17) is 0 Å². The molecule has 1 aromatic heterocycles. The van der Waals surface area contributed by atoms with E-state index in [1.54, 1.807) is 12.1 Å². The van der Waals surface area contributed by atoms with Crippen LogP contribution in [0, 0.1) is 5.82 Å². The van der Waals surface area contributed by atoms with Crippen molar-refractivity contribution in [1.82, 2.24) is 9.59 Å². The first-order valence-electron chi connectivity index (χ1n) is 6.80. The smallest absolute Gasteiger partial charge is 0.135 e. The Morgan fingerprint density at radius 2 is 2.20 bits per heavy atom. The molecule has 1 heterocycles. The zero-order valence-electron chi connectivity index (χ0n) is 11.8. The molecular weight excluding hydrogens is 275 g/mol. The van der Waals surface area contributed by atoms with Crippen molar-refractivity contribution in [3.63, 3.8) is 0 Å². The molecule has 0 bridgehead atoms. The first kappa shape index (κ1) is 14.7. The fourth-order valence-electron chi connectivity index (χ4n) is 1.92. The van der Waals surface area contributed by atoms with Gasteiger partial charge in [0.25, 0.3) is 0 Å². The number of hydrogen-bond donors (Lipinski definition) is 1. The third kappa shape index (κ3) is 3.66. The largest absolute Gasteiger partial charge is 0.374 e. The van der Waals surface area contributed by atoms with Gasteiger partial charge in [0.15, 0.2) is 0 Å². The maximum absolute atomic E-state index is 13.3. The third-order valence-electron chi connectivity index (χ3n) is 2.99. The summed E-state index contributed by atoms with van der Waals surface area (Å²) in [6.45, 7) is 6.48. The van der Waals surface area contributed by atoms with E-state index < -0.39 is 0 Å². The van der Waals surface area contributed by atoms with Gasteiger partial charge in [0, 0.05) is 30.3 Å². The second-order valence-electron chi connectivity index (χ2n) is 4.47. The molecule has 20 heavy (non-hydrogen) atoms. The van der Waals surface area contributed by atoms with Gasteiger partial charge in [0.05, 0.1) is 6.54 Å². The van der Waals surface area contributed by atoms with E-state index in [1.165, 1.54) is 17.6 Å². The molecule has 0 fully saturated rings. The summed E-state index contributed by atoms with van der Waals surface area (Å²) in [5.74, 6) is -0.221. The van der Waals surface area contributed by atoms with Crippen molar-refractivity contribution in [1.29, 1.82) is 0 Å². The van der Waals surface area contributed by atoms with E-state index in [-0.39, 0.29) is 5.82 Å². The molecule has 2 aromatic rings. The minimum atomic E-state index is -0.221. The number of benzene rings is 1. The van der Waals surface area contributed by atoms with Crippen LogP contribution in [0.4, 0.5) is 15.1 Å². The summed E-state index contributed by atoms with van der Waals surface area (Å²) in [7, 11) is 0. The van der Waals surface area contributed by atoms with Crippen molar-refractivity contribution in [2.24, 2.45) is 0 Å². The molecule has 0 aliphatic heterocycles. The lowest BCUT2D eigenvalue weighted by atomic mass is 10.2. The molecule has 1 aromatic carbocycles. The molecule has 0 unspecified atom stereocenters. The maximum atomic E-state index is 13.3. The SMILES string of the molecule is CCCNc1snnc1CN(CC)c1cccc(F)c1. The van der Waals surface area contributed by atoms with Crippen molar-refractivity contribution in [2.45, 2.75) is 26.8 Å². The van der Waals surface area contributed by atoms with Crippen LogP contribution in [0.25, 0.3) is 0 Å². The Morgan fingerprint density at radius 1 is 1.35 bits per heavy atom. The van der Waals surface area contributed by atoms with Gasteiger partial charge in [0.1, 0.15) is 16.5 Å². The van der Waals surface area contributed by atoms with Crippen LogP contribution in [-0.2, 0) is 6.54 Å². The van der Waals surface area contributed by atoms with Gasteiger partial charge in [-0.05, 0) is 31.5 Å². The van der Waals surface area contributed by atoms with Gasteiger partial charge in [-0.2, -0.15) is 0 Å². The summed E-state index contributed by atoms with van der Waals surface area (Å²) in [6, 6.07) is 6.63. The van der Waals surface area contributed by atoms with Crippen LogP contribution in [0.2, 0.25) is 0 Å². The molecule has 0 aliphatic rings. The maximum Gasteiger partial charge on any atom is 0.135 e. The minimum Gasteiger partial charge on any atom is -0.374 e. The standard InChI is InChI=1S/C14H19FN4S/c1-3-8-16-14-13(17-18-20-14)10-19(4-2)12-7-5-6-11(15)9-12/h5-7,9,16H,3-4,8,10H2,1-2H3. The van der Waals surface area contributed by atoms with E-state index in [1.807, 2.05) is 13.0 Å². The van der Waals surface area contributed by atoms with Crippen molar-refractivity contribution < 1.29 is 4.39 Å². The zero-order valence-corrected chi connectivity index (χ0v) is 12.6. The molecule has 0 saturated heterocycles. The van der Waals surface area contributed by atoms with Crippen LogP contribution < -0.4 is 10.2 Å². The molecule has 0 atom stereocenters. The Kier molecular flexibility index (Phi) is 5.29. The summed E-state index contributed by atoms with van der Waals surface area (Å²) < 4.78 is 17.3. The van der Waals surface area contributed by atoms with Crippen LogP contribution in [0.15, 0.2) is 24.3 Å². The molecule has 6 heteroatoms. The number of aromatic nitrogens is 2. The highest BCUT2D eigenvalue weighted by Gasteiger charge is 2.12. The Bertz CT molecular complexity index is 543. The highest BCUT2D eigenvalue weighted by molar-refractivity contribution is 7.10. The van der Waals surface area contributed by atoms with Crippen LogP contribution >= 0.6 is 11.5 Å². The van der Waals surface area contributed by atoms with Crippen LogP contribution in [0.3, 0.4) is 0 Å². The molecule has 0 saturated carbocycles. The van der Waals surface area contributed by atoms with Crippen LogP contribution in [-0.4, -0.2) is 22.7 Å². The molecule has 0 aliphatic carbocycles. The molecule has 2 rings (SSSR count). The van der Waals surface area contributed by atoms with E-state index in [2.05, 4.69) is 26.7 Å². The molecule has 1 N–H and O–H groups in total. The number of halogens is 1. The molecule has 108 valence electrons. The molecule has 4 nitrogen and oxygen atoms in total. The van der Waals surface area contributed by atoms with Gasteiger partial charge in [-0.25, -0.2) is 4.39 Å². The summed E-state index contributed by atoms with van der Waals surface area (Å²) in [5, 5.41) is 8.50. The van der Waals surface area contributed by atoms with Gasteiger partial charge in [-0.15, -0.1) is 5.10 Å². The minimum absolute atomic E-state index is 0.221. The number of hydrogen-bond acceptors (Lipinski definition) is 5. The number of rotatable bonds is 7. The lowest BCUT2D eigenvalue weighted by Gasteiger charge is -2.22. The van der Waals surface area contributed by atoms with Gasteiger partial charge in [-0.3, -0.25) is 0 Å². The summed E-state index contributed by atoms with van der Waals surface area (Å²) in [4.78, 5) is 2.08. The molecule has 0 amide bonds. The van der Waals surface area contributed by atoms with E-state index in [0.717, 1.165) is 35.9 Å². The highest BCUT2D eigenvalue weighted by Crippen LogP contribution is 2.23. The fraction of sp³-hybridized carbons (Fsp3) is 0.429. The topological polar surface area (TPSA) is 41.1 Å². The van der Waals surface area contributed by atoms with Gasteiger partial charge in [-0.1, -0.05) is 17.5 Å². The Labute approximate surface area is 122 Å². The molecule has 0 radical (unpaired) electrons. The second-order valence-corrected chi connectivity index (χ2v) is 5.22. The number of anilines is 2. The Balaban J connectivity index is 2.12. The van der Waals surface area contributed by atoms with Crippen molar-refractivity contribution >= 4 is 22.2 Å². The van der Waals surface area contributed by atoms with E-state index in [0.29, 0.717) is 6.54 Å². The predicted octanol–water partition coefficient (Wildman–Crippen LogP) is 3.53. The van der Waals surface area contributed by atoms with Crippen molar-refractivity contribution in [3.05, 3.63) is 35.8 Å². The van der Waals surface area contributed by atoms with Gasteiger partial charge >= 0.3 is 0 Å². The average Bonchev–Trinajstić information content (AvgIpc) is 2.89. The summed E-state index contributed by atoms with van der Waals surface area (Å²) in [5.41, 5.74) is 1.77. The molecular formula is C14H19FN4S. The van der Waals surface area contributed by atoms with E-state index in [9.17, 15) is 4.39 Å². The number of nitrogens with one attached hydrogen (secondary N) is 1. The first-order chi connectivity index (χ1) is 9.74. The third-order valence-corrected chi connectivity index (χ3v) is 3.71. The monoisotopic (exact) mass is 294 g/mol.